The van der Waals surface area contributed by atoms with Crippen molar-refractivity contribution < 1.29 is 4.79 Å². The number of aryl methyl sites for hydroxylation is 1. The lowest BCUT2D eigenvalue weighted by Gasteiger charge is -2.37. The minimum absolute atomic E-state index is 0.0254. The highest BCUT2D eigenvalue weighted by molar-refractivity contribution is 6.05. The fourth-order valence-electron chi connectivity index (χ4n) is 3.17. The van der Waals surface area contributed by atoms with Gasteiger partial charge in [-0.2, -0.15) is 5.10 Å². The first-order valence-corrected chi connectivity index (χ1v) is 7.54. The predicted molar refractivity (Wildman–Crippen MR) is 83.0 cm³/mol. The molecular formula is C16H22N4O. The van der Waals surface area contributed by atoms with Crippen molar-refractivity contribution in [3.63, 3.8) is 0 Å². The Morgan fingerprint density at radius 2 is 2.14 bits per heavy atom. The van der Waals surface area contributed by atoms with Crippen LogP contribution < -0.4 is 5.73 Å². The van der Waals surface area contributed by atoms with Crippen molar-refractivity contribution in [1.82, 2.24) is 14.7 Å². The van der Waals surface area contributed by atoms with E-state index in [2.05, 4.69) is 12.0 Å². The van der Waals surface area contributed by atoms with E-state index in [1.54, 1.807) is 4.68 Å². The summed E-state index contributed by atoms with van der Waals surface area (Å²) in [5, 5.41) is 5.37. The van der Waals surface area contributed by atoms with Crippen molar-refractivity contribution in [3.8, 4) is 0 Å². The van der Waals surface area contributed by atoms with Crippen LogP contribution in [0.1, 0.15) is 30.3 Å². The number of carbonyl (C=O) groups is 1. The molecule has 0 spiro atoms. The number of likely N-dealkylation sites (tertiary alicyclic amines) is 1. The molecule has 0 bridgehead atoms. The summed E-state index contributed by atoms with van der Waals surface area (Å²) in [6.45, 7) is 3.48. The number of benzene rings is 1. The summed E-state index contributed by atoms with van der Waals surface area (Å²) in [5.41, 5.74) is 7.33. The first kappa shape index (κ1) is 14.1. The van der Waals surface area contributed by atoms with E-state index in [1.165, 1.54) is 0 Å². The van der Waals surface area contributed by atoms with E-state index < -0.39 is 0 Å². The topological polar surface area (TPSA) is 64.2 Å². The summed E-state index contributed by atoms with van der Waals surface area (Å²) in [7, 11) is 1.88. The van der Waals surface area contributed by atoms with Crippen molar-refractivity contribution >= 4 is 16.8 Å². The van der Waals surface area contributed by atoms with Crippen LogP contribution in [0.5, 0.6) is 0 Å². The Bertz CT molecular complexity index is 663. The average Bonchev–Trinajstić information content (AvgIpc) is 2.85. The molecule has 1 saturated heterocycles. The highest BCUT2D eigenvalue weighted by Crippen LogP contribution is 2.25. The molecule has 1 aromatic heterocycles. The third-order valence-electron chi connectivity index (χ3n) is 4.53. The minimum atomic E-state index is 0.0254. The molecule has 2 unspecified atom stereocenters. The van der Waals surface area contributed by atoms with Crippen LogP contribution in [-0.4, -0.2) is 39.7 Å². The van der Waals surface area contributed by atoms with Crippen LogP contribution in [0.15, 0.2) is 24.3 Å². The standard InChI is InChI=1S/C16H22N4O/c1-11-7-8-12(9-17)10-20(11)16(21)15-13-5-3-4-6-14(13)19(2)18-15/h3-6,11-12H,7-10,17H2,1-2H3. The Balaban J connectivity index is 1.96. The number of aromatic nitrogens is 2. The van der Waals surface area contributed by atoms with Crippen LogP contribution in [0.2, 0.25) is 0 Å². The van der Waals surface area contributed by atoms with Crippen LogP contribution in [0.3, 0.4) is 0 Å². The van der Waals surface area contributed by atoms with Gasteiger partial charge in [0.25, 0.3) is 5.91 Å². The molecule has 2 atom stereocenters. The number of fused-ring (bicyclic) bond motifs is 1. The zero-order chi connectivity index (χ0) is 15.0. The fourth-order valence-corrected chi connectivity index (χ4v) is 3.17. The number of amides is 1. The van der Waals surface area contributed by atoms with Gasteiger partial charge in [0.05, 0.1) is 5.52 Å². The molecular weight excluding hydrogens is 264 g/mol. The average molecular weight is 286 g/mol. The van der Waals surface area contributed by atoms with Gasteiger partial charge in [-0.1, -0.05) is 18.2 Å². The first-order chi connectivity index (χ1) is 10.1. The Kier molecular flexibility index (Phi) is 3.68. The van der Waals surface area contributed by atoms with Crippen molar-refractivity contribution in [3.05, 3.63) is 30.0 Å². The molecule has 0 aliphatic carbocycles. The van der Waals surface area contributed by atoms with E-state index in [0.717, 1.165) is 30.3 Å². The van der Waals surface area contributed by atoms with Crippen LogP contribution in [-0.2, 0) is 7.05 Å². The lowest BCUT2D eigenvalue weighted by Crippen LogP contribution is -2.47. The van der Waals surface area contributed by atoms with Gasteiger partial charge in [-0.3, -0.25) is 9.48 Å². The molecule has 2 aromatic rings. The van der Waals surface area contributed by atoms with Gasteiger partial charge in [-0.15, -0.1) is 0 Å². The third-order valence-corrected chi connectivity index (χ3v) is 4.53. The maximum Gasteiger partial charge on any atom is 0.275 e. The number of hydrogen-bond donors (Lipinski definition) is 1. The normalized spacial score (nSPS) is 22.7. The maximum atomic E-state index is 12.9. The molecule has 1 aromatic carbocycles. The summed E-state index contributed by atoms with van der Waals surface area (Å²) in [6, 6.07) is 8.11. The van der Waals surface area contributed by atoms with E-state index in [1.807, 2.05) is 36.2 Å². The van der Waals surface area contributed by atoms with E-state index in [4.69, 9.17) is 5.73 Å². The fraction of sp³-hybridized carbons (Fsp3) is 0.500. The molecule has 2 heterocycles. The van der Waals surface area contributed by atoms with Gasteiger partial charge >= 0.3 is 0 Å². The zero-order valence-corrected chi connectivity index (χ0v) is 12.6. The van der Waals surface area contributed by atoms with Crippen molar-refractivity contribution in [2.75, 3.05) is 13.1 Å². The summed E-state index contributed by atoms with van der Waals surface area (Å²) < 4.78 is 1.78. The van der Waals surface area contributed by atoms with Gasteiger partial charge in [-0.05, 0) is 38.3 Å². The molecule has 2 N–H and O–H groups in total. The zero-order valence-electron chi connectivity index (χ0n) is 12.6. The molecule has 5 heteroatoms. The molecule has 1 aliphatic rings. The molecule has 1 amide bonds. The van der Waals surface area contributed by atoms with Crippen LogP contribution in [0, 0.1) is 5.92 Å². The smallest absolute Gasteiger partial charge is 0.275 e. The lowest BCUT2D eigenvalue weighted by atomic mass is 9.93. The number of carbonyl (C=O) groups excluding carboxylic acids is 1. The minimum Gasteiger partial charge on any atom is -0.334 e. The number of piperidine rings is 1. The molecule has 3 rings (SSSR count). The summed E-state index contributed by atoms with van der Waals surface area (Å²) >= 11 is 0. The first-order valence-electron chi connectivity index (χ1n) is 7.54. The molecule has 1 aliphatic heterocycles. The van der Waals surface area contributed by atoms with E-state index in [0.29, 0.717) is 18.2 Å². The molecule has 21 heavy (non-hydrogen) atoms. The summed E-state index contributed by atoms with van der Waals surface area (Å²) in [5.74, 6) is 0.428. The Morgan fingerprint density at radius 1 is 1.38 bits per heavy atom. The highest BCUT2D eigenvalue weighted by Gasteiger charge is 2.31. The maximum absolute atomic E-state index is 12.9. The van der Waals surface area contributed by atoms with Gasteiger partial charge in [0.2, 0.25) is 0 Å². The third kappa shape index (κ3) is 2.42. The number of para-hydroxylation sites is 1. The van der Waals surface area contributed by atoms with Gasteiger partial charge in [-0.25, -0.2) is 0 Å². The van der Waals surface area contributed by atoms with Gasteiger partial charge in [0.1, 0.15) is 0 Å². The Morgan fingerprint density at radius 3 is 2.90 bits per heavy atom. The molecule has 0 radical (unpaired) electrons. The second-order valence-electron chi connectivity index (χ2n) is 5.97. The largest absolute Gasteiger partial charge is 0.334 e. The Hall–Kier alpha value is -1.88. The predicted octanol–water partition coefficient (Wildman–Crippen LogP) is 1.77. The van der Waals surface area contributed by atoms with Crippen molar-refractivity contribution in [1.29, 1.82) is 0 Å². The van der Waals surface area contributed by atoms with Crippen molar-refractivity contribution in [2.24, 2.45) is 18.7 Å². The number of nitrogens with two attached hydrogens (primary N) is 1. The van der Waals surface area contributed by atoms with Gasteiger partial charge < -0.3 is 10.6 Å². The van der Waals surface area contributed by atoms with Gasteiger partial charge in [0.15, 0.2) is 5.69 Å². The molecule has 1 fully saturated rings. The highest BCUT2D eigenvalue weighted by atomic mass is 16.2. The quantitative estimate of drug-likeness (QED) is 0.915. The SMILES string of the molecule is CC1CCC(CN)CN1C(=O)c1nn(C)c2ccccc12. The van der Waals surface area contributed by atoms with Crippen LogP contribution >= 0.6 is 0 Å². The van der Waals surface area contributed by atoms with Crippen molar-refractivity contribution in [2.45, 2.75) is 25.8 Å². The molecule has 112 valence electrons. The Labute approximate surface area is 124 Å². The van der Waals surface area contributed by atoms with Crippen LogP contribution in [0.4, 0.5) is 0 Å². The second kappa shape index (κ2) is 5.48. The monoisotopic (exact) mass is 286 g/mol. The lowest BCUT2D eigenvalue weighted by molar-refractivity contribution is 0.0562. The molecule has 0 saturated carbocycles. The number of nitrogens with zero attached hydrogens (tertiary/aromatic N) is 3. The van der Waals surface area contributed by atoms with E-state index >= 15 is 0 Å². The number of rotatable bonds is 2. The van der Waals surface area contributed by atoms with Gasteiger partial charge in [0, 0.05) is 25.0 Å². The van der Waals surface area contributed by atoms with E-state index in [-0.39, 0.29) is 11.9 Å². The summed E-state index contributed by atoms with van der Waals surface area (Å²) in [4.78, 5) is 14.8. The second-order valence-corrected chi connectivity index (χ2v) is 5.97. The molecule has 5 nitrogen and oxygen atoms in total. The van der Waals surface area contributed by atoms with E-state index in [9.17, 15) is 4.79 Å². The number of hydrogen-bond acceptors (Lipinski definition) is 3. The summed E-state index contributed by atoms with van der Waals surface area (Å²) in [6.07, 6.45) is 2.11. The van der Waals surface area contributed by atoms with Crippen LogP contribution in [0.25, 0.3) is 10.9 Å².